The van der Waals surface area contributed by atoms with Gasteiger partial charge in [0, 0.05) is 44.3 Å². The number of urea groups is 1. The van der Waals surface area contributed by atoms with Crippen LogP contribution >= 0.6 is 0 Å². The minimum Gasteiger partial charge on any atom is -0.492 e. The fourth-order valence-electron chi connectivity index (χ4n) is 4.11. The van der Waals surface area contributed by atoms with E-state index in [-0.39, 0.29) is 17.9 Å². The van der Waals surface area contributed by atoms with Gasteiger partial charge in [-0.3, -0.25) is 4.79 Å². The molecule has 1 heterocycles. The van der Waals surface area contributed by atoms with Crippen LogP contribution in [-0.2, 0) is 11.3 Å². The molecule has 2 aromatic rings. The highest BCUT2D eigenvalue weighted by Crippen LogP contribution is 2.29. The predicted molar refractivity (Wildman–Crippen MR) is 126 cm³/mol. The molecule has 170 valence electrons. The molecule has 4 rings (SSSR count). The number of anilines is 2. The number of benzene rings is 2. The Labute approximate surface area is 189 Å². The van der Waals surface area contributed by atoms with Gasteiger partial charge in [0.05, 0.1) is 12.3 Å². The van der Waals surface area contributed by atoms with Crippen molar-refractivity contribution in [2.75, 3.05) is 43.0 Å². The maximum Gasteiger partial charge on any atom is 0.317 e. The summed E-state index contributed by atoms with van der Waals surface area (Å²) >= 11 is 0. The van der Waals surface area contributed by atoms with Crippen molar-refractivity contribution in [3.05, 3.63) is 54.1 Å². The van der Waals surface area contributed by atoms with Crippen LogP contribution in [-0.4, -0.2) is 49.6 Å². The Bertz CT molecular complexity index is 936. The quantitative estimate of drug-likeness (QED) is 0.691. The Kier molecular flexibility index (Phi) is 7.14. The fourth-order valence-corrected chi connectivity index (χ4v) is 4.11. The number of ether oxygens (including phenoxy) is 1. The average molecular weight is 437 g/mol. The number of carbonyl (C=O) groups excluding carboxylic acids is 2. The van der Waals surface area contributed by atoms with Crippen LogP contribution in [0.3, 0.4) is 0 Å². The van der Waals surface area contributed by atoms with Crippen LogP contribution < -0.4 is 20.3 Å². The van der Waals surface area contributed by atoms with Crippen molar-refractivity contribution in [1.82, 2.24) is 10.2 Å². The van der Waals surface area contributed by atoms with E-state index in [2.05, 4.69) is 21.6 Å². The van der Waals surface area contributed by atoms with E-state index < -0.39 is 0 Å². The summed E-state index contributed by atoms with van der Waals surface area (Å²) in [5, 5.41) is 6.00. The summed E-state index contributed by atoms with van der Waals surface area (Å²) in [6.07, 6.45) is 3.09. The Morgan fingerprint density at radius 3 is 2.53 bits per heavy atom. The second-order valence-electron chi connectivity index (χ2n) is 8.35. The molecule has 2 N–H and O–H groups in total. The van der Waals surface area contributed by atoms with Crippen molar-refractivity contribution in [3.63, 3.8) is 0 Å². The first-order valence-electron chi connectivity index (χ1n) is 11.5. The third-order valence-corrected chi connectivity index (χ3v) is 6.19. The molecule has 2 aromatic carbocycles. The highest BCUT2D eigenvalue weighted by Gasteiger charge is 2.25. The van der Waals surface area contributed by atoms with Crippen LogP contribution in [0.25, 0.3) is 0 Å². The summed E-state index contributed by atoms with van der Waals surface area (Å²) in [6.45, 7) is 5.88. The van der Waals surface area contributed by atoms with Crippen molar-refractivity contribution in [2.24, 2.45) is 5.92 Å². The molecule has 0 atom stereocenters. The van der Waals surface area contributed by atoms with Gasteiger partial charge in [-0.1, -0.05) is 30.7 Å². The van der Waals surface area contributed by atoms with Gasteiger partial charge in [0.15, 0.2) is 0 Å². The van der Waals surface area contributed by atoms with E-state index in [1.165, 1.54) is 0 Å². The molecule has 1 saturated carbocycles. The van der Waals surface area contributed by atoms with Gasteiger partial charge in [-0.05, 0) is 49.6 Å². The number of rotatable bonds is 7. The third-order valence-electron chi connectivity index (χ3n) is 6.19. The molecular formula is C25H32N4O3. The summed E-state index contributed by atoms with van der Waals surface area (Å²) in [6, 6.07) is 15.7. The standard InChI is InChI=1S/C25H32N4O3/c1-2-32-23-12-4-3-11-22(23)28-13-15-29(16-14-28)25(31)26-18-19-7-5-10-21(17-19)27-24(30)20-8-6-9-20/h3-5,7,10-12,17,20H,2,6,8-9,13-16,18H2,1H3,(H,26,31)(H,27,30). The number of piperazine rings is 1. The fraction of sp³-hybridized carbons (Fsp3) is 0.440. The second kappa shape index (κ2) is 10.4. The lowest BCUT2D eigenvalue weighted by molar-refractivity contribution is -0.122. The lowest BCUT2D eigenvalue weighted by Crippen LogP contribution is -2.51. The van der Waals surface area contributed by atoms with Crippen LogP contribution in [0.2, 0.25) is 0 Å². The number of nitrogens with zero attached hydrogens (tertiary/aromatic N) is 2. The maximum absolute atomic E-state index is 12.7. The van der Waals surface area contributed by atoms with Crippen molar-refractivity contribution >= 4 is 23.3 Å². The van der Waals surface area contributed by atoms with Crippen LogP contribution in [0, 0.1) is 5.92 Å². The molecule has 7 nitrogen and oxygen atoms in total. The van der Waals surface area contributed by atoms with E-state index in [0.29, 0.717) is 26.2 Å². The van der Waals surface area contributed by atoms with Crippen LogP contribution in [0.15, 0.2) is 48.5 Å². The molecule has 7 heteroatoms. The summed E-state index contributed by atoms with van der Waals surface area (Å²) < 4.78 is 5.75. The number of hydrogen-bond donors (Lipinski definition) is 2. The molecule has 1 aliphatic heterocycles. The molecular weight excluding hydrogens is 404 g/mol. The van der Waals surface area contributed by atoms with Crippen molar-refractivity contribution in [2.45, 2.75) is 32.7 Å². The zero-order valence-corrected chi connectivity index (χ0v) is 18.7. The van der Waals surface area contributed by atoms with Gasteiger partial charge in [-0.2, -0.15) is 0 Å². The number of para-hydroxylation sites is 2. The summed E-state index contributed by atoms with van der Waals surface area (Å²) in [5.41, 5.74) is 2.83. The third kappa shape index (κ3) is 5.33. The Morgan fingerprint density at radius 2 is 1.81 bits per heavy atom. The highest BCUT2D eigenvalue weighted by atomic mass is 16.5. The molecule has 1 aliphatic carbocycles. The SMILES string of the molecule is CCOc1ccccc1N1CCN(C(=O)NCc2cccc(NC(=O)C3CCC3)c2)CC1. The molecule has 3 amide bonds. The van der Waals surface area contributed by atoms with Crippen molar-refractivity contribution in [3.8, 4) is 5.75 Å². The van der Waals surface area contributed by atoms with E-state index in [4.69, 9.17) is 4.74 Å². The van der Waals surface area contributed by atoms with Gasteiger partial charge in [0.1, 0.15) is 5.75 Å². The lowest BCUT2D eigenvalue weighted by Gasteiger charge is -2.36. The van der Waals surface area contributed by atoms with E-state index in [0.717, 1.165) is 55.0 Å². The van der Waals surface area contributed by atoms with Gasteiger partial charge in [-0.25, -0.2) is 4.79 Å². The molecule has 2 fully saturated rings. The molecule has 0 unspecified atom stereocenters. The zero-order valence-electron chi connectivity index (χ0n) is 18.7. The smallest absolute Gasteiger partial charge is 0.317 e. The predicted octanol–water partition coefficient (Wildman–Crippen LogP) is 3.86. The molecule has 0 radical (unpaired) electrons. The molecule has 0 aromatic heterocycles. The summed E-state index contributed by atoms with van der Waals surface area (Å²) in [4.78, 5) is 29.0. The number of nitrogens with one attached hydrogen (secondary N) is 2. The molecule has 0 spiro atoms. The lowest BCUT2D eigenvalue weighted by atomic mass is 9.85. The number of amides is 3. The van der Waals surface area contributed by atoms with Crippen LogP contribution in [0.1, 0.15) is 31.7 Å². The van der Waals surface area contributed by atoms with Crippen molar-refractivity contribution < 1.29 is 14.3 Å². The van der Waals surface area contributed by atoms with Gasteiger partial charge in [-0.15, -0.1) is 0 Å². The van der Waals surface area contributed by atoms with Gasteiger partial charge >= 0.3 is 6.03 Å². The first-order valence-corrected chi connectivity index (χ1v) is 11.5. The van der Waals surface area contributed by atoms with Gasteiger partial charge < -0.3 is 25.2 Å². The second-order valence-corrected chi connectivity index (χ2v) is 8.35. The zero-order chi connectivity index (χ0) is 22.3. The van der Waals surface area contributed by atoms with Gasteiger partial charge in [0.25, 0.3) is 0 Å². The van der Waals surface area contributed by atoms with E-state index >= 15 is 0 Å². The maximum atomic E-state index is 12.7. The topological polar surface area (TPSA) is 73.9 Å². The first-order chi connectivity index (χ1) is 15.6. The van der Waals surface area contributed by atoms with Gasteiger partial charge in [0.2, 0.25) is 5.91 Å². The van der Waals surface area contributed by atoms with Crippen LogP contribution in [0.5, 0.6) is 5.75 Å². The Balaban J connectivity index is 1.26. The molecule has 32 heavy (non-hydrogen) atoms. The number of carbonyl (C=O) groups is 2. The Morgan fingerprint density at radius 1 is 1.03 bits per heavy atom. The van der Waals surface area contributed by atoms with Crippen LogP contribution in [0.4, 0.5) is 16.2 Å². The van der Waals surface area contributed by atoms with E-state index in [1.54, 1.807) is 0 Å². The Hall–Kier alpha value is -3.22. The molecule has 2 aliphatic rings. The molecule has 0 bridgehead atoms. The largest absolute Gasteiger partial charge is 0.492 e. The van der Waals surface area contributed by atoms with Crippen molar-refractivity contribution in [1.29, 1.82) is 0 Å². The average Bonchev–Trinajstić information content (AvgIpc) is 2.77. The first kappa shape index (κ1) is 22.0. The monoisotopic (exact) mass is 436 g/mol. The van der Waals surface area contributed by atoms with E-state index in [1.807, 2.05) is 54.3 Å². The summed E-state index contributed by atoms with van der Waals surface area (Å²) in [7, 11) is 0. The number of hydrogen-bond acceptors (Lipinski definition) is 4. The minimum absolute atomic E-state index is 0.0633. The normalized spacial score (nSPS) is 16.3. The van der Waals surface area contributed by atoms with E-state index in [9.17, 15) is 9.59 Å². The highest BCUT2D eigenvalue weighted by molar-refractivity contribution is 5.93. The summed E-state index contributed by atoms with van der Waals surface area (Å²) in [5.74, 6) is 1.14. The molecule has 1 saturated heterocycles. The minimum atomic E-state index is -0.0633.